The summed E-state index contributed by atoms with van der Waals surface area (Å²) in [5, 5.41) is 4.39. The number of halogens is 1. The fraction of sp³-hybridized carbons (Fsp3) is 0.409. The molecule has 1 aromatic carbocycles. The molecular weight excluding hydrogens is 406 g/mol. The van der Waals surface area contributed by atoms with E-state index in [1.165, 1.54) is 10.4 Å². The zero-order chi connectivity index (χ0) is 20.4. The zero-order valence-corrected chi connectivity index (χ0v) is 18.0. The summed E-state index contributed by atoms with van der Waals surface area (Å²) in [6, 6.07) is 7.61. The molecule has 1 aliphatic rings. The quantitative estimate of drug-likeness (QED) is 0.620. The normalized spacial score (nSPS) is 16.0. The molecule has 4 rings (SSSR count). The Hall–Kier alpha value is -2.18. The van der Waals surface area contributed by atoms with E-state index in [0.717, 1.165) is 41.5 Å². The molecule has 29 heavy (non-hydrogen) atoms. The van der Waals surface area contributed by atoms with Crippen molar-refractivity contribution >= 4 is 39.1 Å². The third-order valence-electron chi connectivity index (χ3n) is 5.45. The van der Waals surface area contributed by atoms with Crippen molar-refractivity contribution in [2.24, 2.45) is 5.92 Å². The van der Waals surface area contributed by atoms with Gasteiger partial charge in [-0.2, -0.15) is 0 Å². The second-order valence-corrected chi connectivity index (χ2v) is 9.29. The highest BCUT2D eigenvalue weighted by Gasteiger charge is 2.23. The number of nitrogens with one attached hydrogen (secondary N) is 2. The molecule has 1 amide bonds. The van der Waals surface area contributed by atoms with E-state index in [4.69, 9.17) is 11.6 Å². The molecule has 1 aliphatic carbocycles. The summed E-state index contributed by atoms with van der Waals surface area (Å²) >= 11 is 7.52. The largest absolute Gasteiger partial charge is 0.356 e. The zero-order valence-electron chi connectivity index (χ0n) is 16.4. The Labute approximate surface area is 178 Å². The van der Waals surface area contributed by atoms with Crippen molar-refractivity contribution < 1.29 is 4.79 Å². The van der Waals surface area contributed by atoms with Gasteiger partial charge >= 0.3 is 0 Å². The summed E-state index contributed by atoms with van der Waals surface area (Å²) in [7, 11) is 0. The second-order valence-electron chi connectivity index (χ2n) is 7.77. The Morgan fingerprint density at radius 2 is 2.10 bits per heavy atom. The third kappa shape index (κ3) is 4.70. The fourth-order valence-electron chi connectivity index (χ4n) is 3.83. The van der Waals surface area contributed by atoms with Crippen molar-refractivity contribution in [3.05, 3.63) is 61.5 Å². The van der Waals surface area contributed by atoms with Crippen LogP contribution in [0.5, 0.6) is 0 Å². The second kappa shape index (κ2) is 8.67. The molecule has 0 radical (unpaired) electrons. The number of carbonyl (C=O) groups excluding carboxylic acids is 1. The van der Waals surface area contributed by atoms with E-state index in [1.807, 2.05) is 24.3 Å². The molecule has 3 aromatic rings. The number of benzene rings is 1. The van der Waals surface area contributed by atoms with E-state index in [9.17, 15) is 9.59 Å². The first kappa shape index (κ1) is 20.1. The Bertz CT molecular complexity index is 1090. The maximum Gasteiger partial charge on any atom is 0.259 e. The number of thiophene rings is 1. The molecular formula is C22H24ClN3O2S. The van der Waals surface area contributed by atoms with Gasteiger partial charge in [-0.3, -0.25) is 9.59 Å². The molecule has 0 bridgehead atoms. The van der Waals surface area contributed by atoms with Crippen LogP contribution in [0.1, 0.15) is 41.6 Å². The Kier molecular flexibility index (Phi) is 6.01. The number of aromatic nitrogens is 2. The average Bonchev–Trinajstić information content (AvgIpc) is 3.05. The minimum absolute atomic E-state index is 0.0407. The van der Waals surface area contributed by atoms with Crippen LogP contribution in [0.15, 0.2) is 29.1 Å². The first-order valence-corrected chi connectivity index (χ1v) is 11.2. The van der Waals surface area contributed by atoms with Gasteiger partial charge in [-0.1, -0.05) is 30.7 Å². The number of carbonyl (C=O) groups is 1. The summed E-state index contributed by atoms with van der Waals surface area (Å²) in [4.78, 5) is 34.4. The van der Waals surface area contributed by atoms with Crippen molar-refractivity contribution in [2.45, 2.75) is 45.4 Å². The van der Waals surface area contributed by atoms with E-state index in [2.05, 4.69) is 22.2 Å². The molecule has 0 spiro atoms. The van der Waals surface area contributed by atoms with Crippen molar-refractivity contribution in [1.82, 2.24) is 15.3 Å². The Morgan fingerprint density at radius 1 is 1.31 bits per heavy atom. The van der Waals surface area contributed by atoms with Gasteiger partial charge in [-0.05, 0) is 54.9 Å². The number of aryl methyl sites for hydroxylation is 2. The number of fused-ring (bicyclic) bond motifs is 3. The number of H-pyrrole nitrogens is 1. The minimum Gasteiger partial charge on any atom is -0.356 e. The molecule has 2 aromatic heterocycles. The SMILES string of the molecule is CC1CCc2c(sc3nc(CCC(=O)NCCc4ccc(Cl)cc4)[nH]c(=O)c23)C1. The van der Waals surface area contributed by atoms with Crippen LogP contribution in [0.3, 0.4) is 0 Å². The molecule has 7 heteroatoms. The summed E-state index contributed by atoms with van der Waals surface area (Å²) in [6.45, 7) is 2.82. The summed E-state index contributed by atoms with van der Waals surface area (Å²) in [5.41, 5.74) is 2.24. The molecule has 0 fully saturated rings. The van der Waals surface area contributed by atoms with Crippen molar-refractivity contribution in [1.29, 1.82) is 0 Å². The Morgan fingerprint density at radius 3 is 2.90 bits per heavy atom. The van der Waals surface area contributed by atoms with Gasteiger partial charge in [0.05, 0.1) is 5.39 Å². The topological polar surface area (TPSA) is 74.8 Å². The van der Waals surface area contributed by atoms with E-state index < -0.39 is 0 Å². The lowest BCUT2D eigenvalue weighted by atomic mass is 9.89. The van der Waals surface area contributed by atoms with Crippen LogP contribution in [-0.4, -0.2) is 22.4 Å². The van der Waals surface area contributed by atoms with Gasteiger partial charge in [0.2, 0.25) is 5.91 Å². The maximum atomic E-state index is 12.6. The maximum absolute atomic E-state index is 12.6. The van der Waals surface area contributed by atoms with Crippen LogP contribution in [0.25, 0.3) is 10.2 Å². The van der Waals surface area contributed by atoms with Crippen LogP contribution in [0.2, 0.25) is 5.02 Å². The van der Waals surface area contributed by atoms with Crippen molar-refractivity contribution in [3.63, 3.8) is 0 Å². The van der Waals surface area contributed by atoms with Gasteiger partial charge in [0.1, 0.15) is 10.7 Å². The van der Waals surface area contributed by atoms with E-state index in [1.54, 1.807) is 11.3 Å². The number of rotatable bonds is 6. The lowest BCUT2D eigenvalue weighted by Gasteiger charge is -2.17. The Balaban J connectivity index is 1.35. The fourth-order valence-corrected chi connectivity index (χ4v) is 5.36. The van der Waals surface area contributed by atoms with Crippen LogP contribution < -0.4 is 10.9 Å². The highest BCUT2D eigenvalue weighted by atomic mass is 35.5. The predicted octanol–water partition coefficient (Wildman–Crippen LogP) is 4.05. The van der Waals surface area contributed by atoms with Gasteiger partial charge in [0.15, 0.2) is 0 Å². The highest BCUT2D eigenvalue weighted by Crippen LogP contribution is 2.35. The van der Waals surface area contributed by atoms with Crippen molar-refractivity contribution in [3.8, 4) is 0 Å². The molecule has 0 saturated carbocycles. The molecule has 2 N–H and O–H groups in total. The number of hydrogen-bond acceptors (Lipinski definition) is 4. The molecule has 5 nitrogen and oxygen atoms in total. The monoisotopic (exact) mass is 429 g/mol. The summed E-state index contributed by atoms with van der Waals surface area (Å²) in [6.07, 6.45) is 4.59. The first-order valence-electron chi connectivity index (χ1n) is 10.0. The number of amides is 1. The summed E-state index contributed by atoms with van der Waals surface area (Å²) < 4.78 is 0. The number of hydrogen-bond donors (Lipinski definition) is 2. The first-order chi connectivity index (χ1) is 14.0. The van der Waals surface area contributed by atoms with Crippen LogP contribution in [-0.2, 0) is 30.5 Å². The van der Waals surface area contributed by atoms with E-state index in [-0.39, 0.29) is 11.5 Å². The molecule has 1 atom stereocenters. The van der Waals surface area contributed by atoms with Gasteiger partial charge in [0.25, 0.3) is 5.56 Å². The summed E-state index contributed by atoms with van der Waals surface area (Å²) in [5.74, 6) is 1.20. The highest BCUT2D eigenvalue weighted by molar-refractivity contribution is 7.18. The van der Waals surface area contributed by atoms with Gasteiger partial charge in [-0.25, -0.2) is 4.98 Å². The standard InChI is InChI=1S/C22H24ClN3O2S/c1-13-2-7-16-17(12-13)29-22-20(16)21(28)25-18(26-22)8-9-19(27)24-11-10-14-3-5-15(23)6-4-14/h3-6,13H,2,7-12H2,1H3,(H,24,27)(H,25,26,28). The lowest BCUT2D eigenvalue weighted by molar-refractivity contribution is -0.121. The molecule has 0 aliphatic heterocycles. The smallest absolute Gasteiger partial charge is 0.259 e. The van der Waals surface area contributed by atoms with E-state index in [0.29, 0.717) is 36.2 Å². The number of aromatic amines is 1. The van der Waals surface area contributed by atoms with Crippen LogP contribution in [0.4, 0.5) is 0 Å². The van der Waals surface area contributed by atoms with Gasteiger partial charge in [-0.15, -0.1) is 11.3 Å². The van der Waals surface area contributed by atoms with Crippen LogP contribution >= 0.6 is 22.9 Å². The lowest BCUT2D eigenvalue weighted by Crippen LogP contribution is -2.26. The van der Waals surface area contributed by atoms with Gasteiger partial charge < -0.3 is 10.3 Å². The van der Waals surface area contributed by atoms with Gasteiger partial charge in [0, 0.05) is 29.3 Å². The van der Waals surface area contributed by atoms with Crippen LogP contribution in [0, 0.1) is 5.92 Å². The molecule has 0 saturated heterocycles. The average molecular weight is 430 g/mol. The predicted molar refractivity (Wildman–Crippen MR) is 118 cm³/mol. The molecule has 1 unspecified atom stereocenters. The molecule has 152 valence electrons. The number of nitrogens with zero attached hydrogens (tertiary/aromatic N) is 1. The third-order valence-corrected chi connectivity index (χ3v) is 6.85. The van der Waals surface area contributed by atoms with Crippen molar-refractivity contribution in [2.75, 3.05) is 6.54 Å². The molecule has 2 heterocycles. The van der Waals surface area contributed by atoms with E-state index >= 15 is 0 Å². The minimum atomic E-state index is -0.0693.